The largest absolute Gasteiger partial charge is 0.378 e. The minimum absolute atomic E-state index is 0.0867. The zero-order valence-electron chi connectivity index (χ0n) is 14.6. The molecule has 0 atom stereocenters. The van der Waals surface area contributed by atoms with Crippen LogP contribution in [0.25, 0.3) is 0 Å². The summed E-state index contributed by atoms with van der Waals surface area (Å²) in [6.07, 6.45) is 0. The van der Waals surface area contributed by atoms with Gasteiger partial charge in [0, 0.05) is 56.4 Å². The zero-order valence-corrected chi connectivity index (χ0v) is 15.4. The van der Waals surface area contributed by atoms with E-state index in [1.54, 1.807) is 18.8 Å². The van der Waals surface area contributed by atoms with Gasteiger partial charge in [0.1, 0.15) is 0 Å². The molecule has 2 aromatic rings. The minimum Gasteiger partial charge on any atom is -0.378 e. The predicted molar refractivity (Wildman–Crippen MR) is 102 cm³/mol. The summed E-state index contributed by atoms with van der Waals surface area (Å²) in [4.78, 5) is 18.6. The Morgan fingerprint density at radius 1 is 1.00 bits per heavy atom. The molecule has 6 heteroatoms. The molecule has 0 unspecified atom stereocenters. The van der Waals surface area contributed by atoms with Crippen molar-refractivity contribution in [2.45, 2.75) is 9.79 Å². The molecule has 24 heavy (non-hydrogen) atoms. The zero-order chi connectivity index (χ0) is 17.4. The van der Waals surface area contributed by atoms with Crippen LogP contribution in [0.2, 0.25) is 0 Å². The maximum absolute atomic E-state index is 12.3. The third-order valence-electron chi connectivity index (χ3n) is 4.04. The second-order valence-electron chi connectivity index (χ2n) is 6.14. The quantitative estimate of drug-likeness (QED) is 0.764. The molecule has 0 saturated carbocycles. The lowest BCUT2D eigenvalue weighted by atomic mass is 10.1. The van der Waals surface area contributed by atoms with Gasteiger partial charge in [-0.25, -0.2) is 0 Å². The molecule has 1 amide bonds. The van der Waals surface area contributed by atoms with E-state index in [4.69, 9.17) is 0 Å². The Morgan fingerprint density at radius 2 is 1.67 bits per heavy atom. The molecule has 3 rings (SSSR count). The molecule has 1 aliphatic rings. The Bertz CT molecular complexity index is 802. The highest BCUT2D eigenvalue weighted by Crippen LogP contribution is 2.48. The van der Waals surface area contributed by atoms with E-state index in [0.29, 0.717) is 5.56 Å². The number of amides is 1. The highest BCUT2D eigenvalue weighted by molar-refractivity contribution is 7.99. The van der Waals surface area contributed by atoms with Gasteiger partial charge in [-0.1, -0.05) is 11.8 Å². The van der Waals surface area contributed by atoms with Crippen LogP contribution in [0.5, 0.6) is 0 Å². The molecular formula is C18H22N4OS. The van der Waals surface area contributed by atoms with Crippen molar-refractivity contribution in [2.75, 3.05) is 50.4 Å². The van der Waals surface area contributed by atoms with Gasteiger partial charge < -0.3 is 20.4 Å². The summed E-state index contributed by atoms with van der Waals surface area (Å²) in [6.45, 7) is 0. The molecule has 0 radical (unpaired) electrons. The van der Waals surface area contributed by atoms with Gasteiger partial charge in [-0.3, -0.25) is 4.79 Å². The third kappa shape index (κ3) is 2.89. The van der Waals surface area contributed by atoms with Crippen molar-refractivity contribution in [1.29, 1.82) is 0 Å². The maximum Gasteiger partial charge on any atom is 0.253 e. The molecule has 126 valence electrons. The number of hydrogen-bond donors (Lipinski definition) is 2. The number of fused-ring (bicyclic) bond motifs is 2. The number of anilines is 4. The van der Waals surface area contributed by atoms with E-state index in [0.717, 1.165) is 32.5 Å². The van der Waals surface area contributed by atoms with Crippen LogP contribution in [0.1, 0.15) is 10.4 Å². The van der Waals surface area contributed by atoms with Crippen LogP contribution in [0.4, 0.5) is 22.7 Å². The first-order chi connectivity index (χ1) is 11.4. The van der Waals surface area contributed by atoms with Gasteiger partial charge in [0.25, 0.3) is 5.91 Å². The number of hydrogen-bond acceptors (Lipinski definition) is 5. The number of benzene rings is 2. The van der Waals surface area contributed by atoms with E-state index in [1.807, 2.05) is 39.2 Å². The van der Waals surface area contributed by atoms with Gasteiger partial charge in [-0.2, -0.15) is 0 Å². The molecule has 1 heterocycles. The van der Waals surface area contributed by atoms with Crippen molar-refractivity contribution in [1.82, 2.24) is 5.32 Å². The Labute approximate surface area is 147 Å². The van der Waals surface area contributed by atoms with Crippen LogP contribution in [0.15, 0.2) is 40.1 Å². The molecule has 1 aliphatic heterocycles. The van der Waals surface area contributed by atoms with Crippen molar-refractivity contribution >= 4 is 40.4 Å². The van der Waals surface area contributed by atoms with Crippen molar-refractivity contribution < 1.29 is 4.79 Å². The summed E-state index contributed by atoms with van der Waals surface area (Å²) < 4.78 is 0. The fourth-order valence-corrected chi connectivity index (χ4v) is 3.70. The molecule has 0 bridgehead atoms. The van der Waals surface area contributed by atoms with Crippen molar-refractivity contribution in [3.05, 3.63) is 35.9 Å². The summed E-state index contributed by atoms with van der Waals surface area (Å²) in [5.74, 6) is -0.0867. The summed E-state index contributed by atoms with van der Waals surface area (Å²) in [5.41, 5.74) is 4.72. The van der Waals surface area contributed by atoms with Gasteiger partial charge in [0.15, 0.2) is 0 Å². The average molecular weight is 342 g/mol. The average Bonchev–Trinajstić information content (AvgIpc) is 2.57. The van der Waals surface area contributed by atoms with Crippen LogP contribution in [0, 0.1) is 0 Å². The van der Waals surface area contributed by atoms with Gasteiger partial charge >= 0.3 is 0 Å². The van der Waals surface area contributed by atoms with Crippen molar-refractivity contribution in [3.63, 3.8) is 0 Å². The molecule has 0 fully saturated rings. The lowest BCUT2D eigenvalue weighted by Crippen LogP contribution is -2.21. The summed E-state index contributed by atoms with van der Waals surface area (Å²) in [5, 5.41) is 6.17. The fourth-order valence-electron chi connectivity index (χ4n) is 2.61. The van der Waals surface area contributed by atoms with E-state index >= 15 is 0 Å². The van der Waals surface area contributed by atoms with E-state index in [9.17, 15) is 4.79 Å². The van der Waals surface area contributed by atoms with Crippen LogP contribution >= 0.6 is 11.8 Å². The van der Waals surface area contributed by atoms with Crippen molar-refractivity contribution in [2.24, 2.45) is 0 Å². The number of rotatable bonds is 3. The molecule has 2 aromatic carbocycles. The first kappa shape index (κ1) is 16.5. The fraction of sp³-hybridized carbons (Fsp3) is 0.278. The second kappa shape index (κ2) is 6.28. The highest BCUT2D eigenvalue weighted by atomic mass is 32.2. The topological polar surface area (TPSA) is 47.6 Å². The molecule has 0 aliphatic carbocycles. The Kier molecular flexibility index (Phi) is 4.32. The van der Waals surface area contributed by atoms with Crippen LogP contribution in [0.3, 0.4) is 0 Å². The Hall–Kier alpha value is -2.34. The standard InChI is InChI=1S/C18H22N4OS/c1-19-18(23)13-8-12(22(4)5)10-16-17(13)20-14-7-6-11(21(2)3)9-15(14)24-16/h6-10,20H,1-5H3,(H,19,23). The molecule has 0 spiro atoms. The van der Waals surface area contributed by atoms with Crippen LogP contribution in [-0.4, -0.2) is 41.1 Å². The normalized spacial score (nSPS) is 11.9. The van der Waals surface area contributed by atoms with Gasteiger partial charge in [0.05, 0.1) is 16.9 Å². The van der Waals surface area contributed by atoms with Gasteiger partial charge in [0.2, 0.25) is 0 Å². The summed E-state index contributed by atoms with van der Waals surface area (Å²) in [7, 11) is 9.68. The molecule has 0 aromatic heterocycles. The number of carbonyl (C=O) groups is 1. The van der Waals surface area contributed by atoms with Gasteiger partial charge in [-0.05, 0) is 30.3 Å². The van der Waals surface area contributed by atoms with E-state index in [2.05, 4.69) is 39.8 Å². The smallest absolute Gasteiger partial charge is 0.253 e. The monoisotopic (exact) mass is 342 g/mol. The minimum atomic E-state index is -0.0867. The summed E-state index contributed by atoms with van der Waals surface area (Å²) >= 11 is 1.69. The lowest BCUT2D eigenvalue weighted by Gasteiger charge is -2.26. The Balaban J connectivity index is 2.11. The molecular weight excluding hydrogens is 320 g/mol. The third-order valence-corrected chi connectivity index (χ3v) is 5.14. The predicted octanol–water partition coefficient (Wildman–Crippen LogP) is 3.39. The van der Waals surface area contributed by atoms with E-state index in [1.165, 1.54) is 0 Å². The Morgan fingerprint density at radius 3 is 2.29 bits per heavy atom. The van der Waals surface area contributed by atoms with Gasteiger partial charge in [-0.15, -0.1) is 0 Å². The van der Waals surface area contributed by atoms with E-state index in [-0.39, 0.29) is 5.91 Å². The maximum atomic E-state index is 12.3. The SMILES string of the molecule is CNC(=O)c1cc(N(C)C)cc2c1Nc1ccc(N(C)C)cc1S2. The molecule has 5 nitrogen and oxygen atoms in total. The summed E-state index contributed by atoms with van der Waals surface area (Å²) in [6, 6.07) is 10.3. The first-order valence-electron chi connectivity index (χ1n) is 7.74. The number of carbonyl (C=O) groups excluding carboxylic acids is 1. The number of nitrogens with zero attached hydrogens (tertiary/aromatic N) is 2. The van der Waals surface area contributed by atoms with Crippen LogP contribution < -0.4 is 20.4 Å². The lowest BCUT2D eigenvalue weighted by molar-refractivity contribution is 0.0964. The highest BCUT2D eigenvalue weighted by Gasteiger charge is 2.23. The van der Waals surface area contributed by atoms with E-state index < -0.39 is 0 Å². The molecule has 2 N–H and O–H groups in total. The first-order valence-corrected chi connectivity index (χ1v) is 8.56. The van der Waals surface area contributed by atoms with Crippen LogP contribution in [-0.2, 0) is 0 Å². The second-order valence-corrected chi connectivity index (χ2v) is 7.23. The van der Waals surface area contributed by atoms with Crippen molar-refractivity contribution in [3.8, 4) is 0 Å². The number of nitrogens with one attached hydrogen (secondary N) is 2. The molecule has 0 saturated heterocycles.